The number of aryl methyl sites for hydroxylation is 1. The van der Waals surface area contributed by atoms with Gasteiger partial charge in [0.05, 0.1) is 15.9 Å². The lowest BCUT2D eigenvalue weighted by atomic mass is 10.3. The van der Waals surface area contributed by atoms with E-state index >= 15 is 0 Å². The fraction of sp³-hybridized carbons (Fsp3) is 0.300. The highest BCUT2D eigenvalue weighted by Gasteiger charge is 2.31. The molecule has 172 valence electrons. The molecule has 2 N–H and O–H groups in total. The summed E-state index contributed by atoms with van der Waals surface area (Å²) in [5.74, 6) is -0.596. The summed E-state index contributed by atoms with van der Waals surface area (Å²) >= 11 is 0. The number of benzene rings is 2. The number of rotatable bonds is 9. The lowest BCUT2D eigenvalue weighted by Crippen LogP contribution is -2.28. The highest BCUT2D eigenvalue weighted by molar-refractivity contribution is 7.89. The minimum absolute atomic E-state index is 0.163. The molecule has 3 aromatic rings. The Bertz CT molecular complexity index is 1190. The number of alkyl halides is 3. The van der Waals surface area contributed by atoms with Crippen molar-refractivity contribution in [2.75, 3.05) is 11.9 Å². The number of imidazole rings is 1. The summed E-state index contributed by atoms with van der Waals surface area (Å²) in [5, 5.41) is 2.70. The van der Waals surface area contributed by atoms with Gasteiger partial charge >= 0.3 is 6.36 Å². The van der Waals surface area contributed by atoms with E-state index in [9.17, 15) is 26.4 Å². The number of hydrogen-bond acceptors (Lipinski definition) is 5. The Labute approximate surface area is 182 Å². The maximum Gasteiger partial charge on any atom is 0.573 e. The molecule has 8 nitrogen and oxygen atoms in total. The zero-order valence-electron chi connectivity index (χ0n) is 17.0. The first-order valence-electron chi connectivity index (χ1n) is 9.69. The predicted molar refractivity (Wildman–Crippen MR) is 112 cm³/mol. The minimum Gasteiger partial charge on any atom is -0.406 e. The van der Waals surface area contributed by atoms with E-state index in [1.165, 1.54) is 0 Å². The average molecular weight is 470 g/mol. The molecule has 3 rings (SSSR count). The number of anilines is 1. The van der Waals surface area contributed by atoms with Gasteiger partial charge in [0.1, 0.15) is 5.75 Å². The summed E-state index contributed by atoms with van der Waals surface area (Å²) in [7, 11) is -4.01. The molecule has 1 heterocycles. The maximum absolute atomic E-state index is 12.3. The number of para-hydroxylation sites is 2. The van der Waals surface area contributed by atoms with E-state index in [-0.39, 0.29) is 17.9 Å². The van der Waals surface area contributed by atoms with Crippen molar-refractivity contribution in [2.45, 2.75) is 37.6 Å². The van der Waals surface area contributed by atoms with E-state index in [0.717, 1.165) is 41.7 Å². The Morgan fingerprint density at radius 1 is 1.12 bits per heavy atom. The number of aromatic nitrogens is 2. The van der Waals surface area contributed by atoms with Gasteiger partial charge in [0.15, 0.2) is 0 Å². The third-order valence-corrected chi connectivity index (χ3v) is 5.84. The van der Waals surface area contributed by atoms with Crippen LogP contribution >= 0.6 is 0 Å². The molecule has 32 heavy (non-hydrogen) atoms. The summed E-state index contributed by atoms with van der Waals surface area (Å²) in [6, 6.07) is 11.2. The summed E-state index contributed by atoms with van der Waals surface area (Å²) in [6.45, 7) is 2.44. The van der Waals surface area contributed by atoms with Crippen LogP contribution in [0.1, 0.15) is 19.8 Å². The smallest absolute Gasteiger partial charge is 0.406 e. The first-order valence-corrected chi connectivity index (χ1v) is 11.2. The van der Waals surface area contributed by atoms with Gasteiger partial charge in [0.25, 0.3) is 0 Å². The molecule has 0 bridgehead atoms. The van der Waals surface area contributed by atoms with Crippen LogP contribution in [0.3, 0.4) is 0 Å². The van der Waals surface area contributed by atoms with Gasteiger partial charge in [-0.1, -0.05) is 19.1 Å². The Morgan fingerprint density at radius 2 is 1.81 bits per heavy atom. The van der Waals surface area contributed by atoms with Crippen LogP contribution in [0.4, 0.5) is 19.1 Å². The Balaban J connectivity index is 1.58. The van der Waals surface area contributed by atoms with Gasteiger partial charge in [-0.3, -0.25) is 10.1 Å². The van der Waals surface area contributed by atoms with Gasteiger partial charge in [0.2, 0.25) is 21.9 Å². The summed E-state index contributed by atoms with van der Waals surface area (Å²) < 4.78 is 69.1. The van der Waals surface area contributed by atoms with E-state index < -0.39 is 28.0 Å². The molecule has 0 saturated carbocycles. The Morgan fingerprint density at radius 3 is 2.47 bits per heavy atom. The lowest BCUT2D eigenvalue weighted by Gasteiger charge is -2.11. The predicted octanol–water partition coefficient (Wildman–Crippen LogP) is 3.65. The topological polar surface area (TPSA) is 102 Å². The number of ether oxygens (including phenoxy) is 1. The van der Waals surface area contributed by atoms with Gasteiger partial charge in [-0.15, -0.1) is 13.2 Å². The van der Waals surface area contributed by atoms with Gasteiger partial charge in [-0.25, -0.2) is 18.1 Å². The van der Waals surface area contributed by atoms with Crippen LogP contribution in [0.2, 0.25) is 0 Å². The number of halogens is 3. The fourth-order valence-corrected chi connectivity index (χ4v) is 4.04. The quantitative estimate of drug-likeness (QED) is 0.497. The molecule has 0 spiro atoms. The van der Waals surface area contributed by atoms with Crippen LogP contribution in [0.25, 0.3) is 11.0 Å². The van der Waals surface area contributed by atoms with Gasteiger partial charge in [0, 0.05) is 19.5 Å². The molecule has 0 radical (unpaired) electrons. The number of carbonyl (C=O) groups excluding carboxylic acids is 1. The normalized spacial score (nSPS) is 12.1. The van der Waals surface area contributed by atoms with Crippen LogP contribution in [0.15, 0.2) is 53.4 Å². The largest absolute Gasteiger partial charge is 0.573 e. The molecular formula is C20H21F3N4O4S. The molecule has 0 aliphatic heterocycles. The molecule has 0 fully saturated rings. The van der Waals surface area contributed by atoms with E-state index in [1.54, 1.807) is 0 Å². The van der Waals surface area contributed by atoms with Crippen molar-refractivity contribution >= 4 is 32.9 Å². The second kappa shape index (κ2) is 9.57. The monoisotopic (exact) mass is 470 g/mol. The van der Waals surface area contributed by atoms with Crippen LogP contribution in [0, 0.1) is 0 Å². The van der Waals surface area contributed by atoms with Crippen LogP contribution < -0.4 is 14.8 Å². The van der Waals surface area contributed by atoms with Crippen LogP contribution in [-0.2, 0) is 21.4 Å². The van der Waals surface area contributed by atoms with Crippen molar-refractivity contribution in [3.63, 3.8) is 0 Å². The number of amides is 1. The highest BCUT2D eigenvalue weighted by atomic mass is 32.2. The number of hydrogen-bond donors (Lipinski definition) is 2. The SMILES string of the molecule is CCCn1c(NC(=O)CCNS(=O)(=O)c2ccc(OC(F)(F)F)cc2)nc2ccccc21. The maximum atomic E-state index is 12.3. The second-order valence-electron chi connectivity index (χ2n) is 6.79. The molecule has 1 amide bonds. The first kappa shape index (κ1) is 23.5. The number of nitrogens with zero attached hydrogens (tertiary/aromatic N) is 2. The summed E-state index contributed by atoms with van der Waals surface area (Å²) in [6.07, 6.45) is -4.21. The van der Waals surface area contributed by atoms with Crippen molar-refractivity contribution in [1.82, 2.24) is 14.3 Å². The van der Waals surface area contributed by atoms with E-state index in [2.05, 4.69) is 19.8 Å². The van der Waals surface area contributed by atoms with Crippen molar-refractivity contribution in [3.05, 3.63) is 48.5 Å². The Hall–Kier alpha value is -3.12. The van der Waals surface area contributed by atoms with Gasteiger partial charge < -0.3 is 9.30 Å². The number of nitrogens with one attached hydrogen (secondary N) is 2. The minimum atomic E-state index is -4.87. The standard InChI is InChI=1S/C20H21F3N4O4S/c1-2-13-27-17-6-4-3-5-16(17)25-19(27)26-18(28)11-12-24-32(29,30)15-9-7-14(8-10-15)31-20(21,22)23/h3-10,24H,2,11-13H2,1H3,(H,25,26,28). The summed E-state index contributed by atoms with van der Waals surface area (Å²) in [5.41, 5.74) is 1.61. The highest BCUT2D eigenvalue weighted by Crippen LogP contribution is 2.24. The zero-order valence-corrected chi connectivity index (χ0v) is 17.8. The van der Waals surface area contributed by atoms with Crippen molar-refractivity contribution in [2.24, 2.45) is 0 Å². The lowest BCUT2D eigenvalue weighted by molar-refractivity contribution is -0.274. The van der Waals surface area contributed by atoms with Crippen LogP contribution in [0.5, 0.6) is 5.75 Å². The molecule has 0 aliphatic rings. The van der Waals surface area contributed by atoms with E-state index in [0.29, 0.717) is 12.5 Å². The molecule has 1 aromatic heterocycles. The van der Waals surface area contributed by atoms with Crippen LogP contribution in [-0.4, -0.2) is 36.8 Å². The van der Waals surface area contributed by atoms with Gasteiger partial charge in [-0.2, -0.15) is 0 Å². The summed E-state index contributed by atoms with van der Waals surface area (Å²) in [4.78, 5) is 16.5. The first-order chi connectivity index (χ1) is 15.1. The molecule has 0 atom stereocenters. The molecule has 0 unspecified atom stereocenters. The molecule has 12 heteroatoms. The van der Waals surface area contributed by atoms with E-state index in [4.69, 9.17) is 0 Å². The number of carbonyl (C=O) groups is 1. The molecule has 2 aromatic carbocycles. The third-order valence-electron chi connectivity index (χ3n) is 4.36. The van der Waals surface area contributed by atoms with Crippen molar-refractivity contribution in [1.29, 1.82) is 0 Å². The zero-order chi connectivity index (χ0) is 23.4. The Kier molecular flexibility index (Phi) is 7.04. The second-order valence-corrected chi connectivity index (χ2v) is 8.56. The number of sulfonamides is 1. The fourth-order valence-electron chi connectivity index (χ4n) is 3.01. The third kappa shape index (κ3) is 5.98. The molecular weight excluding hydrogens is 449 g/mol. The van der Waals surface area contributed by atoms with Crippen molar-refractivity contribution < 1.29 is 31.1 Å². The van der Waals surface area contributed by atoms with E-state index in [1.807, 2.05) is 35.8 Å². The molecule has 0 saturated heterocycles. The van der Waals surface area contributed by atoms with Gasteiger partial charge in [-0.05, 0) is 42.8 Å². The van der Waals surface area contributed by atoms with Crippen molar-refractivity contribution in [3.8, 4) is 5.75 Å². The molecule has 0 aliphatic carbocycles. The average Bonchev–Trinajstić information content (AvgIpc) is 3.04. The number of fused-ring (bicyclic) bond motifs is 1.